The predicted octanol–water partition coefficient (Wildman–Crippen LogP) is 5.16. The van der Waals surface area contributed by atoms with Crippen LogP contribution < -0.4 is 0 Å². The van der Waals surface area contributed by atoms with Crippen molar-refractivity contribution < 1.29 is 0 Å². The van der Waals surface area contributed by atoms with Gasteiger partial charge in [-0.2, -0.15) is 0 Å². The zero-order chi connectivity index (χ0) is 14.7. The Morgan fingerprint density at radius 3 is 2.24 bits per heavy atom. The van der Waals surface area contributed by atoms with Crippen LogP contribution in [0.2, 0.25) is 0 Å². The average molecular weight is 290 g/mol. The van der Waals surface area contributed by atoms with E-state index < -0.39 is 0 Å². The first kappa shape index (κ1) is 13.5. The molecule has 1 heterocycles. The Hall–Kier alpha value is -2.52. The van der Waals surface area contributed by atoms with E-state index in [9.17, 15) is 0 Å². The van der Waals surface area contributed by atoms with Gasteiger partial charge in [-0.05, 0) is 29.3 Å². The van der Waals surface area contributed by atoms with Crippen molar-refractivity contribution in [2.45, 2.75) is 0 Å². The number of aliphatic imine (C=N–C) groups is 1. The van der Waals surface area contributed by atoms with Gasteiger partial charge in [0.25, 0.3) is 0 Å². The van der Waals surface area contributed by atoms with Gasteiger partial charge in [0.2, 0.25) is 0 Å². The van der Waals surface area contributed by atoms with E-state index >= 15 is 0 Å². The molecule has 1 N–H and O–H groups in total. The lowest BCUT2D eigenvalue weighted by Gasteiger charge is -2.06. The van der Waals surface area contributed by atoms with Gasteiger partial charge in [0, 0.05) is 11.1 Å². The first-order valence-corrected chi connectivity index (χ1v) is 7.46. The van der Waals surface area contributed by atoms with E-state index in [0.29, 0.717) is 5.71 Å². The molecule has 3 aromatic rings. The summed E-state index contributed by atoms with van der Waals surface area (Å²) < 4.78 is 0. The molecule has 0 aliphatic rings. The lowest BCUT2D eigenvalue weighted by molar-refractivity contribution is 1.46. The number of hydrogen-bond donors (Lipinski definition) is 1. The lowest BCUT2D eigenvalue weighted by atomic mass is 10.00. The lowest BCUT2D eigenvalue weighted by Crippen LogP contribution is -1.99. The molecule has 0 aliphatic heterocycles. The van der Waals surface area contributed by atoms with Gasteiger partial charge in [-0.15, -0.1) is 11.3 Å². The molecular formula is C18H14N2S. The maximum absolute atomic E-state index is 8.33. The van der Waals surface area contributed by atoms with Gasteiger partial charge < -0.3 is 0 Å². The molecule has 1 aromatic heterocycles. The van der Waals surface area contributed by atoms with Crippen molar-refractivity contribution in [1.29, 1.82) is 5.41 Å². The van der Waals surface area contributed by atoms with Crippen molar-refractivity contribution in [1.82, 2.24) is 0 Å². The first-order valence-electron chi connectivity index (χ1n) is 6.58. The molecule has 3 heteroatoms. The maximum atomic E-state index is 8.33. The highest BCUT2D eigenvalue weighted by atomic mass is 32.1. The summed E-state index contributed by atoms with van der Waals surface area (Å²) in [6, 6.07) is 20.2. The summed E-state index contributed by atoms with van der Waals surface area (Å²) in [6.45, 7) is 3.56. The van der Waals surface area contributed by atoms with Crippen LogP contribution in [0.1, 0.15) is 11.1 Å². The van der Waals surface area contributed by atoms with Crippen molar-refractivity contribution in [3.05, 3.63) is 77.2 Å². The monoisotopic (exact) mass is 290 g/mol. The second-order valence-corrected chi connectivity index (χ2v) is 5.51. The number of rotatable bonds is 4. The zero-order valence-electron chi connectivity index (χ0n) is 11.4. The summed E-state index contributed by atoms with van der Waals surface area (Å²) in [5.41, 5.74) is 4.54. The largest absolute Gasteiger partial charge is 0.300 e. The summed E-state index contributed by atoms with van der Waals surface area (Å²) in [5, 5.41) is 11.1. The molecule has 0 atom stereocenters. The van der Waals surface area contributed by atoms with Crippen LogP contribution >= 0.6 is 11.3 Å². The molecule has 0 bridgehead atoms. The highest BCUT2D eigenvalue weighted by molar-refractivity contribution is 7.14. The van der Waals surface area contributed by atoms with E-state index in [0.717, 1.165) is 21.7 Å². The third kappa shape index (κ3) is 2.69. The molecule has 0 spiro atoms. The molecule has 2 aromatic carbocycles. The molecule has 21 heavy (non-hydrogen) atoms. The third-order valence-corrected chi connectivity index (χ3v) is 4.18. The fourth-order valence-corrected chi connectivity index (χ4v) is 2.93. The molecule has 2 nitrogen and oxygen atoms in total. The molecule has 0 saturated carbocycles. The van der Waals surface area contributed by atoms with Gasteiger partial charge in [-0.3, -0.25) is 10.4 Å². The van der Waals surface area contributed by atoms with E-state index in [1.807, 2.05) is 53.9 Å². The minimum atomic E-state index is 0.485. The third-order valence-electron chi connectivity index (χ3n) is 3.34. The Balaban J connectivity index is 1.91. The highest BCUT2D eigenvalue weighted by Crippen LogP contribution is 2.28. The van der Waals surface area contributed by atoms with Crippen molar-refractivity contribution in [3.63, 3.8) is 0 Å². The predicted molar refractivity (Wildman–Crippen MR) is 91.3 cm³/mol. The Kier molecular flexibility index (Phi) is 3.75. The van der Waals surface area contributed by atoms with Gasteiger partial charge in [-0.1, -0.05) is 54.6 Å². The molecule has 102 valence electrons. The summed E-state index contributed by atoms with van der Waals surface area (Å²) in [5.74, 6) is 0. The van der Waals surface area contributed by atoms with Crippen LogP contribution in [-0.2, 0) is 0 Å². The first-order chi connectivity index (χ1) is 10.3. The van der Waals surface area contributed by atoms with Gasteiger partial charge in [0.1, 0.15) is 5.00 Å². The van der Waals surface area contributed by atoms with Crippen LogP contribution in [0.3, 0.4) is 0 Å². The second-order valence-electron chi connectivity index (χ2n) is 4.62. The number of thiophene rings is 1. The van der Waals surface area contributed by atoms with E-state index in [1.54, 1.807) is 0 Å². The average Bonchev–Trinajstić information content (AvgIpc) is 3.04. The summed E-state index contributed by atoms with van der Waals surface area (Å²) in [4.78, 5) is 3.97. The summed E-state index contributed by atoms with van der Waals surface area (Å²) >= 11 is 1.50. The van der Waals surface area contributed by atoms with Crippen molar-refractivity contribution >= 4 is 28.8 Å². The fourth-order valence-electron chi connectivity index (χ4n) is 2.23. The van der Waals surface area contributed by atoms with Crippen LogP contribution in [0.15, 0.2) is 71.0 Å². The maximum Gasteiger partial charge on any atom is 0.124 e. The van der Waals surface area contributed by atoms with E-state index in [4.69, 9.17) is 5.41 Å². The molecule has 0 amide bonds. The van der Waals surface area contributed by atoms with Crippen LogP contribution in [0.5, 0.6) is 0 Å². The molecule has 3 rings (SSSR count). The number of nitrogens with zero attached hydrogens (tertiary/aromatic N) is 1. The molecule has 0 aliphatic carbocycles. The van der Waals surface area contributed by atoms with Gasteiger partial charge in [-0.25, -0.2) is 0 Å². The van der Waals surface area contributed by atoms with E-state index in [2.05, 4.69) is 23.8 Å². The van der Waals surface area contributed by atoms with Gasteiger partial charge in [0.15, 0.2) is 0 Å². The normalized spacial score (nSPS) is 10.3. The van der Waals surface area contributed by atoms with Crippen molar-refractivity contribution in [2.75, 3.05) is 0 Å². The van der Waals surface area contributed by atoms with Crippen molar-refractivity contribution in [3.8, 4) is 11.1 Å². The minimum absolute atomic E-state index is 0.485. The second kappa shape index (κ2) is 5.85. The van der Waals surface area contributed by atoms with E-state index in [1.165, 1.54) is 16.9 Å². The van der Waals surface area contributed by atoms with Crippen LogP contribution in [-0.4, -0.2) is 12.4 Å². The zero-order valence-corrected chi connectivity index (χ0v) is 12.2. The summed E-state index contributed by atoms with van der Waals surface area (Å²) in [7, 11) is 0. The quantitative estimate of drug-likeness (QED) is 0.644. The number of nitrogens with one attached hydrogen (secondary N) is 1. The number of benzene rings is 2. The number of hydrogen-bond acceptors (Lipinski definition) is 3. The summed E-state index contributed by atoms with van der Waals surface area (Å²) in [6.07, 6.45) is 0. The smallest absolute Gasteiger partial charge is 0.124 e. The fraction of sp³-hybridized carbons (Fsp3) is 0. The molecule has 0 unspecified atom stereocenters. The molecule has 0 radical (unpaired) electrons. The Morgan fingerprint density at radius 1 is 0.905 bits per heavy atom. The Morgan fingerprint density at radius 2 is 1.57 bits per heavy atom. The van der Waals surface area contributed by atoms with Gasteiger partial charge in [0.05, 0.1) is 5.71 Å². The van der Waals surface area contributed by atoms with Crippen LogP contribution in [0.25, 0.3) is 11.1 Å². The molecular weight excluding hydrogens is 276 g/mol. The SMILES string of the molecule is C=Nc1sccc1C(=N)c1ccc(-c2ccccc2)cc1. The highest BCUT2D eigenvalue weighted by Gasteiger charge is 2.10. The van der Waals surface area contributed by atoms with Crippen LogP contribution in [0, 0.1) is 5.41 Å². The standard InChI is InChI=1S/C18H14N2S/c1-20-18-16(11-12-21-18)17(19)15-9-7-14(8-10-15)13-5-3-2-4-6-13/h2-12,19H,1H2. The van der Waals surface area contributed by atoms with Crippen molar-refractivity contribution in [2.24, 2.45) is 4.99 Å². The topological polar surface area (TPSA) is 36.2 Å². The Labute approximate surface area is 127 Å². The Bertz CT molecular complexity index is 770. The minimum Gasteiger partial charge on any atom is -0.300 e. The van der Waals surface area contributed by atoms with E-state index in [-0.39, 0.29) is 0 Å². The van der Waals surface area contributed by atoms with Crippen LogP contribution in [0.4, 0.5) is 5.00 Å². The molecule has 0 saturated heterocycles. The molecule has 0 fully saturated rings. The van der Waals surface area contributed by atoms with Gasteiger partial charge >= 0.3 is 0 Å².